The maximum absolute atomic E-state index is 12.6. The van der Waals surface area contributed by atoms with Gasteiger partial charge in [0.2, 0.25) is 5.54 Å². The molecule has 0 aromatic heterocycles. The lowest BCUT2D eigenvalue weighted by Gasteiger charge is -2.28. The molecule has 0 saturated heterocycles. The van der Waals surface area contributed by atoms with Crippen LogP contribution in [-0.2, 0) is 14.1 Å². The monoisotopic (exact) mass is 863 g/mol. The van der Waals surface area contributed by atoms with Crippen molar-refractivity contribution in [3.63, 3.8) is 0 Å². The highest BCUT2D eigenvalue weighted by Crippen LogP contribution is 2.38. The van der Waals surface area contributed by atoms with E-state index in [4.69, 9.17) is 16.9 Å². The Bertz CT molecular complexity index is 1730. The first-order chi connectivity index (χ1) is 26.9. The van der Waals surface area contributed by atoms with E-state index in [0.29, 0.717) is 17.4 Å². The molecule has 5 rings (SSSR count). The molecule has 2 N–H and O–H groups in total. The van der Waals surface area contributed by atoms with Gasteiger partial charge in [-0.1, -0.05) is 155 Å². The van der Waals surface area contributed by atoms with Gasteiger partial charge in [0.15, 0.2) is 0 Å². The van der Waals surface area contributed by atoms with Gasteiger partial charge in [-0.3, -0.25) is 9.79 Å². The molecule has 0 bridgehead atoms. The summed E-state index contributed by atoms with van der Waals surface area (Å²) in [6.45, 7) is 30.7. The van der Waals surface area contributed by atoms with Crippen LogP contribution in [0.1, 0.15) is 147 Å². The molecule has 0 spiro atoms. The lowest BCUT2D eigenvalue weighted by molar-refractivity contribution is -0.137. The van der Waals surface area contributed by atoms with E-state index >= 15 is 0 Å². The Kier molecular flexibility index (Phi) is 32.2. The van der Waals surface area contributed by atoms with Gasteiger partial charge >= 0.3 is 11.9 Å². The number of benzene rings is 3. The first-order valence-electron chi connectivity index (χ1n) is 20.0. The number of carboxylic acids is 1. The zero-order chi connectivity index (χ0) is 44.5. The van der Waals surface area contributed by atoms with Crippen molar-refractivity contribution < 1.29 is 24.0 Å². The number of nitriles is 1. The minimum Gasteiger partial charge on any atom is -0.481 e. The fraction of sp³-hybridized carbons (Fsp3) is 0.549. The molecule has 0 unspecified atom stereocenters. The number of nitrogens with one attached hydrogen (secondary N) is 1. The maximum Gasteiger partial charge on any atom is 0.337 e. The summed E-state index contributed by atoms with van der Waals surface area (Å²) < 4.78 is 17.1. The molecule has 1 aliphatic heterocycles. The van der Waals surface area contributed by atoms with Gasteiger partial charge in [0.1, 0.15) is 13.0 Å². The van der Waals surface area contributed by atoms with Gasteiger partial charge in [-0.15, -0.1) is 0 Å². The number of hydrogen-bond donors (Lipinski definition) is 2. The van der Waals surface area contributed by atoms with E-state index in [1.54, 1.807) is 38.1 Å². The zero-order valence-corrected chi connectivity index (χ0v) is 38.3. The molecule has 3 aromatic carbocycles. The van der Waals surface area contributed by atoms with Crippen molar-refractivity contribution in [2.75, 3.05) is 26.9 Å². The van der Waals surface area contributed by atoms with Crippen molar-refractivity contribution in [2.24, 2.45) is 21.2 Å². The van der Waals surface area contributed by atoms with Gasteiger partial charge in [0.05, 0.1) is 30.7 Å². The van der Waals surface area contributed by atoms with Gasteiger partial charge in [-0.2, -0.15) is 5.26 Å². The summed E-state index contributed by atoms with van der Waals surface area (Å²) in [6.07, 6.45) is 7.79. The third-order valence-electron chi connectivity index (χ3n) is 8.89. The number of aliphatic carboxylic acids is 1. The first kappa shape index (κ1) is 62.9. The average molecular weight is 863 g/mol. The summed E-state index contributed by atoms with van der Waals surface area (Å²) in [5.41, 5.74) is 0.817. The number of aliphatic imine (C=N–C) groups is 1. The van der Waals surface area contributed by atoms with E-state index in [9.17, 15) is 14.2 Å². The number of rotatable bonds is 6. The molecule has 0 radical (unpaired) electrons. The van der Waals surface area contributed by atoms with E-state index in [-0.39, 0.29) is 45.6 Å². The van der Waals surface area contributed by atoms with Crippen LogP contribution in [0.2, 0.25) is 0 Å². The average Bonchev–Trinajstić information content (AvgIpc) is 3.76. The predicted octanol–water partition coefficient (Wildman–Crippen LogP) is 13.1. The Morgan fingerprint density at radius 3 is 1.51 bits per heavy atom. The minimum absolute atomic E-state index is 0. The van der Waals surface area contributed by atoms with Crippen LogP contribution >= 0.6 is 7.14 Å². The molecule has 342 valence electrons. The molecule has 1 heterocycles. The second-order valence-electron chi connectivity index (χ2n) is 17.8. The molecule has 0 atom stereocenters. The summed E-state index contributed by atoms with van der Waals surface area (Å²) in [5.74, 6) is 0.0198. The fourth-order valence-corrected chi connectivity index (χ4v) is 6.93. The summed E-state index contributed by atoms with van der Waals surface area (Å²) in [5, 5.41) is 21.8. The number of hydrogen-bond acceptors (Lipinski definition) is 7. The van der Waals surface area contributed by atoms with Gasteiger partial charge < -0.3 is 24.6 Å². The molecule has 9 nitrogen and oxygen atoms in total. The Morgan fingerprint density at radius 1 is 0.836 bits per heavy atom. The van der Waals surface area contributed by atoms with Crippen LogP contribution in [0.3, 0.4) is 0 Å². The molecule has 10 heteroatoms. The van der Waals surface area contributed by atoms with E-state index in [0.717, 1.165) is 29.5 Å². The second-order valence-corrected chi connectivity index (χ2v) is 20.6. The van der Waals surface area contributed by atoms with Crippen molar-refractivity contribution >= 4 is 35.5 Å². The number of carbonyl (C=O) groups excluding carboxylic acids is 1. The summed E-state index contributed by atoms with van der Waals surface area (Å²) in [6, 6.07) is 30.2. The van der Waals surface area contributed by atoms with Gasteiger partial charge in [-0.25, -0.2) is 11.4 Å². The normalized spacial score (nSPS) is 13.4. The van der Waals surface area contributed by atoms with Crippen molar-refractivity contribution in [3.8, 4) is 6.07 Å². The Labute approximate surface area is 373 Å². The van der Waals surface area contributed by atoms with E-state index in [2.05, 4.69) is 54.5 Å². The maximum atomic E-state index is 12.6. The third-order valence-corrected chi connectivity index (χ3v) is 11.5. The Hall–Kier alpha value is -4.72. The number of ether oxygens (including phenoxy) is 1. The SMILES string of the molecule is C.C.C.CC(C)(C#N)CCC(=O)O.CC(C)(C)C1=NCCN1.CC1(C)CCCCC1.COC(=O)c1ccccc1.CP(=O)(c1ccccc1)c1ccccc1.[C-]#[N+]C(C)(C)C. The van der Waals surface area contributed by atoms with Gasteiger partial charge in [0.25, 0.3) is 0 Å². The standard InChI is InChI=1S/C13H13OP.C8H8O2.C8H16.C7H14N2.C7H11NO2.C5H9N.3CH4/c1-15(14,12-8-4-2-5-9-12)13-10-6-3-7-11-13;1-10-8(9)7-5-3-2-4-6-7;1-8(2)6-4-3-5-7-8;1-7(2,3)6-8-4-5-9-6;1-7(2,5-8)4-3-6(9)10;1-5(2,3)6-4;;;/h2-11H,1H3;2-6H,1H3;3-7H2,1-2H3;4-5H2,1-3H3,(H,8,9);3-4H2,1-2H3,(H,9,10);1-3H3;3*1H4. The Balaban J connectivity index is -0.000000324. The van der Waals surface area contributed by atoms with Gasteiger partial charge in [-0.05, 0) is 57.3 Å². The van der Waals surface area contributed by atoms with E-state index in [1.807, 2.05) is 100 Å². The zero-order valence-electron chi connectivity index (χ0n) is 37.4. The first-order valence-corrected chi connectivity index (χ1v) is 22.2. The molecular weight excluding hydrogens is 780 g/mol. The molecule has 3 aromatic rings. The van der Waals surface area contributed by atoms with Crippen LogP contribution < -0.4 is 15.9 Å². The molecule has 2 aliphatic rings. The van der Waals surface area contributed by atoms with Crippen molar-refractivity contribution in [3.05, 3.63) is 108 Å². The Morgan fingerprint density at radius 2 is 1.25 bits per heavy atom. The topological polar surface area (TPSA) is 133 Å². The number of esters is 1. The predicted molar refractivity (Wildman–Crippen MR) is 263 cm³/mol. The van der Waals surface area contributed by atoms with Crippen molar-refractivity contribution in [2.45, 2.75) is 142 Å². The number of amidine groups is 1. The van der Waals surface area contributed by atoms with Crippen LogP contribution in [-0.4, -0.2) is 55.3 Å². The molecule has 0 amide bonds. The van der Waals surface area contributed by atoms with Crippen LogP contribution in [0.4, 0.5) is 0 Å². The smallest absolute Gasteiger partial charge is 0.337 e. The summed E-state index contributed by atoms with van der Waals surface area (Å²) in [7, 11) is -1.03. The molecule has 61 heavy (non-hydrogen) atoms. The van der Waals surface area contributed by atoms with Crippen molar-refractivity contribution in [1.82, 2.24) is 5.32 Å². The molecule has 1 aliphatic carbocycles. The highest BCUT2D eigenvalue weighted by molar-refractivity contribution is 7.78. The molecular formula is C51H83N4O5P. The van der Waals surface area contributed by atoms with E-state index < -0.39 is 18.5 Å². The number of nitrogens with zero attached hydrogens (tertiary/aromatic N) is 3. The van der Waals surface area contributed by atoms with Gasteiger partial charge in [0, 0.05) is 49.8 Å². The molecule has 1 saturated carbocycles. The second kappa shape index (κ2) is 31.2. The highest BCUT2D eigenvalue weighted by Gasteiger charge is 2.22. The quantitative estimate of drug-likeness (QED) is 0.143. The highest BCUT2D eigenvalue weighted by atomic mass is 31.2. The summed E-state index contributed by atoms with van der Waals surface area (Å²) >= 11 is 0. The van der Waals surface area contributed by atoms with Crippen LogP contribution in [0.5, 0.6) is 0 Å². The van der Waals surface area contributed by atoms with Crippen molar-refractivity contribution in [1.29, 1.82) is 5.26 Å². The lowest BCUT2D eigenvalue weighted by Crippen LogP contribution is -2.31. The van der Waals surface area contributed by atoms with Crippen LogP contribution in [0.15, 0.2) is 96.0 Å². The number of carbonyl (C=O) groups is 2. The number of methoxy groups -OCH3 is 1. The van der Waals surface area contributed by atoms with Crippen LogP contribution in [0, 0.1) is 34.1 Å². The van der Waals surface area contributed by atoms with E-state index in [1.165, 1.54) is 39.2 Å². The molecule has 1 fully saturated rings. The summed E-state index contributed by atoms with van der Waals surface area (Å²) in [4.78, 5) is 28.4. The minimum atomic E-state index is -2.40. The third kappa shape index (κ3) is 30.0. The van der Waals surface area contributed by atoms with Crippen LogP contribution in [0.25, 0.3) is 4.85 Å². The number of carboxylic acid groups (broad SMARTS) is 1. The lowest BCUT2D eigenvalue weighted by atomic mass is 9.78. The fourth-order valence-electron chi connectivity index (χ4n) is 5.15. The largest absolute Gasteiger partial charge is 0.481 e.